The summed E-state index contributed by atoms with van der Waals surface area (Å²) in [5.74, 6) is -1.30. The Morgan fingerprint density at radius 1 is 1.35 bits per heavy atom. The van der Waals surface area contributed by atoms with E-state index >= 15 is 0 Å². The smallest absolute Gasteiger partial charge is 0.381 e. The molecular weight excluding hydrogens is 293 g/mol. The molecule has 0 aromatic heterocycles. The van der Waals surface area contributed by atoms with E-state index in [4.69, 9.17) is 34.8 Å². The summed E-state index contributed by atoms with van der Waals surface area (Å²) in [5, 5.41) is 0.294. The molecule has 0 saturated carbocycles. The normalized spacial score (nSPS) is 12.1. The lowest BCUT2D eigenvalue weighted by Gasteiger charge is -2.13. The number of benzene rings is 1. The molecule has 1 rings (SSSR count). The van der Waals surface area contributed by atoms with E-state index in [1.807, 2.05) is 0 Å². The van der Waals surface area contributed by atoms with Crippen molar-refractivity contribution in [2.24, 2.45) is 0 Å². The number of hydrogen-bond acceptors (Lipinski definition) is 3. The molecule has 94 valence electrons. The molecule has 0 aliphatic carbocycles. The van der Waals surface area contributed by atoms with Gasteiger partial charge < -0.3 is 9.47 Å². The molecule has 0 saturated heterocycles. The summed E-state index contributed by atoms with van der Waals surface area (Å²) < 4.78 is 22.4. The molecule has 7 heteroatoms. The molecule has 0 spiro atoms. The molecule has 0 heterocycles. The summed E-state index contributed by atoms with van der Waals surface area (Å²) in [6, 6.07) is 2.64. The zero-order valence-corrected chi connectivity index (χ0v) is 10.9. The van der Waals surface area contributed by atoms with Crippen LogP contribution in [0.25, 0.3) is 0 Å². The van der Waals surface area contributed by atoms with Crippen LogP contribution in [-0.4, -0.2) is 18.9 Å². The fourth-order valence-electron chi connectivity index (χ4n) is 1.00. The monoisotopic (exact) mass is 300 g/mol. The number of carbonyl (C=O) groups excluding carboxylic acids is 1. The van der Waals surface area contributed by atoms with Crippen LogP contribution in [-0.2, 0) is 9.53 Å². The first-order valence-corrected chi connectivity index (χ1v) is 5.71. The van der Waals surface area contributed by atoms with Gasteiger partial charge in [-0.2, -0.15) is 4.39 Å². The van der Waals surface area contributed by atoms with Crippen LogP contribution in [0.2, 0.25) is 15.1 Å². The van der Waals surface area contributed by atoms with Gasteiger partial charge in [0.25, 0.3) is 0 Å². The van der Waals surface area contributed by atoms with Gasteiger partial charge in [0.15, 0.2) is 5.75 Å². The predicted molar refractivity (Wildman–Crippen MR) is 63.6 cm³/mol. The van der Waals surface area contributed by atoms with Crippen molar-refractivity contribution < 1.29 is 18.7 Å². The summed E-state index contributed by atoms with van der Waals surface area (Å²) in [4.78, 5) is 11.0. The van der Waals surface area contributed by atoms with Gasteiger partial charge in [-0.1, -0.05) is 34.8 Å². The van der Waals surface area contributed by atoms with Crippen LogP contribution in [0.1, 0.15) is 6.92 Å². The van der Waals surface area contributed by atoms with Gasteiger partial charge >= 0.3 is 12.3 Å². The number of ether oxygens (including phenoxy) is 2. The fourth-order valence-corrected chi connectivity index (χ4v) is 1.91. The van der Waals surface area contributed by atoms with Crippen molar-refractivity contribution >= 4 is 40.8 Å². The van der Waals surface area contributed by atoms with Crippen LogP contribution < -0.4 is 4.74 Å². The van der Waals surface area contributed by atoms with E-state index < -0.39 is 12.3 Å². The first kappa shape index (κ1) is 14.4. The first-order chi connectivity index (χ1) is 7.95. The second-order valence-corrected chi connectivity index (χ2v) is 4.14. The lowest BCUT2D eigenvalue weighted by molar-refractivity contribution is -0.159. The van der Waals surface area contributed by atoms with Gasteiger partial charge in [-0.3, -0.25) is 0 Å². The van der Waals surface area contributed by atoms with E-state index in [1.165, 1.54) is 12.1 Å². The Labute approximate surface area is 112 Å². The summed E-state index contributed by atoms with van der Waals surface area (Å²) >= 11 is 17.2. The van der Waals surface area contributed by atoms with Crippen LogP contribution in [0.5, 0.6) is 5.75 Å². The molecule has 0 radical (unpaired) electrons. The van der Waals surface area contributed by atoms with Crippen LogP contribution in [0.3, 0.4) is 0 Å². The van der Waals surface area contributed by atoms with Crippen molar-refractivity contribution in [2.45, 2.75) is 13.3 Å². The third-order valence-electron chi connectivity index (χ3n) is 1.66. The average molecular weight is 302 g/mol. The van der Waals surface area contributed by atoms with Gasteiger partial charge in [-0.25, -0.2) is 4.79 Å². The molecule has 17 heavy (non-hydrogen) atoms. The molecule has 0 amide bonds. The third kappa shape index (κ3) is 3.91. The van der Waals surface area contributed by atoms with Gasteiger partial charge in [-0.05, 0) is 19.1 Å². The van der Waals surface area contributed by atoms with Gasteiger partial charge in [0.1, 0.15) is 0 Å². The minimum atomic E-state index is -2.29. The van der Waals surface area contributed by atoms with Crippen LogP contribution in [0.15, 0.2) is 12.1 Å². The highest BCUT2D eigenvalue weighted by Gasteiger charge is 2.23. The molecule has 3 nitrogen and oxygen atoms in total. The first-order valence-electron chi connectivity index (χ1n) is 4.57. The standard InChI is InChI=1S/C10H8Cl3FO3/c1-2-16-10(15)9(14)17-8-6(12)3-5(11)4-7(8)13/h3-4,9H,2H2,1H3. The number of halogens is 4. The van der Waals surface area contributed by atoms with E-state index in [2.05, 4.69) is 9.47 Å². The topological polar surface area (TPSA) is 35.5 Å². The maximum absolute atomic E-state index is 13.3. The van der Waals surface area contributed by atoms with Crippen molar-refractivity contribution in [3.05, 3.63) is 27.2 Å². The molecule has 1 aromatic rings. The minimum Gasteiger partial charge on any atom is -0.461 e. The number of alkyl halides is 1. The Morgan fingerprint density at radius 3 is 2.35 bits per heavy atom. The SMILES string of the molecule is CCOC(=O)C(F)Oc1c(Cl)cc(Cl)cc1Cl. The summed E-state index contributed by atoms with van der Waals surface area (Å²) in [5.41, 5.74) is 0. The Balaban J connectivity index is 2.85. The largest absolute Gasteiger partial charge is 0.461 e. The van der Waals surface area contributed by atoms with E-state index in [-0.39, 0.29) is 27.4 Å². The highest BCUT2D eigenvalue weighted by Crippen LogP contribution is 2.36. The molecule has 0 fully saturated rings. The van der Waals surface area contributed by atoms with Gasteiger partial charge in [0.2, 0.25) is 0 Å². The number of rotatable bonds is 4. The van der Waals surface area contributed by atoms with E-state index in [1.54, 1.807) is 6.92 Å². The molecule has 0 aliphatic rings. The maximum atomic E-state index is 13.3. The van der Waals surface area contributed by atoms with Gasteiger partial charge in [-0.15, -0.1) is 0 Å². The molecule has 1 atom stereocenters. The highest BCUT2D eigenvalue weighted by molar-refractivity contribution is 6.40. The third-order valence-corrected chi connectivity index (χ3v) is 2.44. The Morgan fingerprint density at radius 2 is 1.88 bits per heavy atom. The molecule has 0 N–H and O–H groups in total. The number of esters is 1. The van der Waals surface area contributed by atoms with Crippen LogP contribution in [0.4, 0.5) is 4.39 Å². The van der Waals surface area contributed by atoms with Crippen molar-refractivity contribution in [3.8, 4) is 5.75 Å². The molecule has 1 unspecified atom stereocenters. The lowest BCUT2D eigenvalue weighted by Crippen LogP contribution is -2.25. The van der Waals surface area contributed by atoms with E-state index in [0.717, 1.165) is 0 Å². The van der Waals surface area contributed by atoms with E-state index in [9.17, 15) is 9.18 Å². The number of carbonyl (C=O) groups is 1. The van der Waals surface area contributed by atoms with Crippen molar-refractivity contribution in [1.82, 2.24) is 0 Å². The Kier molecular flexibility index (Phi) is 5.31. The maximum Gasteiger partial charge on any atom is 0.381 e. The van der Waals surface area contributed by atoms with Gasteiger partial charge in [0, 0.05) is 5.02 Å². The lowest BCUT2D eigenvalue weighted by atomic mass is 10.3. The molecule has 0 bridgehead atoms. The Bertz CT molecular complexity index is 402. The highest BCUT2D eigenvalue weighted by atomic mass is 35.5. The van der Waals surface area contributed by atoms with Gasteiger partial charge in [0.05, 0.1) is 16.7 Å². The molecule has 0 aliphatic heterocycles. The Hall–Kier alpha value is -0.710. The predicted octanol–water partition coefficient (Wildman–Crippen LogP) is 3.88. The number of hydrogen-bond donors (Lipinski definition) is 0. The molecule has 1 aromatic carbocycles. The van der Waals surface area contributed by atoms with Crippen molar-refractivity contribution in [2.75, 3.05) is 6.61 Å². The van der Waals surface area contributed by atoms with Crippen LogP contribution >= 0.6 is 34.8 Å². The second kappa shape index (κ2) is 6.28. The molecular formula is C10H8Cl3FO3. The minimum absolute atomic E-state index is 0.00875. The zero-order valence-electron chi connectivity index (χ0n) is 8.68. The van der Waals surface area contributed by atoms with Crippen molar-refractivity contribution in [1.29, 1.82) is 0 Å². The van der Waals surface area contributed by atoms with Crippen molar-refractivity contribution in [3.63, 3.8) is 0 Å². The average Bonchev–Trinajstić information content (AvgIpc) is 2.23. The van der Waals surface area contributed by atoms with Crippen LogP contribution in [0, 0.1) is 0 Å². The van der Waals surface area contributed by atoms with E-state index in [0.29, 0.717) is 0 Å². The summed E-state index contributed by atoms with van der Waals surface area (Å²) in [6.45, 7) is 1.59. The quantitative estimate of drug-likeness (QED) is 0.792. The summed E-state index contributed by atoms with van der Waals surface area (Å²) in [7, 11) is 0. The summed E-state index contributed by atoms with van der Waals surface area (Å²) in [6.07, 6.45) is -2.29. The second-order valence-electron chi connectivity index (χ2n) is 2.88. The fraction of sp³-hybridized carbons (Fsp3) is 0.300. The zero-order chi connectivity index (χ0) is 13.0.